The average Bonchev–Trinajstić information content (AvgIpc) is 3.04. The maximum Gasteiger partial charge on any atom is 0.275 e. The molecule has 0 saturated heterocycles. The lowest BCUT2D eigenvalue weighted by molar-refractivity contribution is -0.115. The van der Waals surface area contributed by atoms with E-state index in [9.17, 15) is 9.59 Å². The molecule has 27 heavy (non-hydrogen) atoms. The topological polar surface area (TPSA) is 116 Å². The zero-order chi connectivity index (χ0) is 19.4. The van der Waals surface area contributed by atoms with Gasteiger partial charge in [-0.25, -0.2) is 0 Å². The number of carbonyl (C=O) groups is 1. The van der Waals surface area contributed by atoms with Crippen LogP contribution in [-0.4, -0.2) is 30.9 Å². The minimum Gasteiger partial charge on any atom is -0.385 e. The first-order valence-corrected chi connectivity index (χ1v) is 9.90. The van der Waals surface area contributed by atoms with Crippen LogP contribution in [0.3, 0.4) is 0 Å². The van der Waals surface area contributed by atoms with Gasteiger partial charge < -0.3 is 5.73 Å². The maximum absolute atomic E-state index is 12.6. The van der Waals surface area contributed by atoms with Gasteiger partial charge in [-0.1, -0.05) is 48.2 Å². The number of carbonyl (C=O) groups excluding carboxylic acids is 1. The predicted molar refractivity (Wildman–Crippen MR) is 107 cm³/mol. The lowest BCUT2D eigenvalue weighted by Gasteiger charge is -2.18. The van der Waals surface area contributed by atoms with Crippen LogP contribution >= 0.6 is 23.1 Å². The van der Waals surface area contributed by atoms with Crippen LogP contribution in [0.4, 0.5) is 10.9 Å². The summed E-state index contributed by atoms with van der Waals surface area (Å²) in [7, 11) is 0. The predicted octanol–water partition coefficient (Wildman–Crippen LogP) is 2.48. The number of para-hydroxylation sites is 1. The van der Waals surface area contributed by atoms with Gasteiger partial charge in [0.05, 0.1) is 5.25 Å². The first kappa shape index (κ1) is 19.1. The van der Waals surface area contributed by atoms with Crippen LogP contribution in [0.5, 0.6) is 0 Å². The highest BCUT2D eigenvalue weighted by Crippen LogP contribution is 2.28. The quantitative estimate of drug-likeness (QED) is 0.481. The Balaban J connectivity index is 1.91. The summed E-state index contributed by atoms with van der Waals surface area (Å²) in [6.07, 6.45) is 0.535. The number of nitrogens with two attached hydrogens (primary N) is 1. The normalized spacial score (nSPS) is 11.9. The number of rotatable bonds is 6. The smallest absolute Gasteiger partial charge is 0.275 e. The van der Waals surface area contributed by atoms with Gasteiger partial charge in [-0.15, -0.1) is 10.2 Å². The second kappa shape index (κ2) is 8.31. The van der Waals surface area contributed by atoms with Gasteiger partial charge in [0.25, 0.3) is 5.56 Å². The van der Waals surface area contributed by atoms with Gasteiger partial charge in [-0.2, -0.15) is 4.98 Å². The van der Waals surface area contributed by atoms with Gasteiger partial charge in [-0.05, 0) is 25.5 Å². The molecule has 0 aliphatic rings. The van der Waals surface area contributed by atoms with Gasteiger partial charge in [0.2, 0.25) is 11.0 Å². The highest BCUT2D eigenvalue weighted by atomic mass is 32.2. The summed E-state index contributed by atoms with van der Waals surface area (Å²) in [6.45, 7) is 3.70. The molecule has 0 aliphatic heterocycles. The molecule has 0 fully saturated rings. The molecule has 0 saturated carbocycles. The second-order valence-corrected chi connectivity index (χ2v) is 7.95. The largest absolute Gasteiger partial charge is 0.385 e. The molecule has 1 atom stereocenters. The van der Waals surface area contributed by atoms with Crippen LogP contribution in [0.2, 0.25) is 0 Å². The van der Waals surface area contributed by atoms with Gasteiger partial charge in [0.1, 0.15) is 10.8 Å². The van der Waals surface area contributed by atoms with Crippen molar-refractivity contribution in [2.24, 2.45) is 0 Å². The third-order valence-corrected chi connectivity index (χ3v) is 5.68. The molecule has 10 heteroatoms. The number of aromatic nitrogens is 4. The Kier molecular flexibility index (Phi) is 5.87. The lowest BCUT2D eigenvalue weighted by Crippen LogP contribution is -2.26. The van der Waals surface area contributed by atoms with Crippen LogP contribution in [0.1, 0.15) is 18.4 Å². The first-order valence-electron chi connectivity index (χ1n) is 8.20. The number of hydrogen-bond donors (Lipinski definition) is 2. The third kappa shape index (κ3) is 4.52. The molecule has 0 unspecified atom stereocenters. The summed E-state index contributed by atoms with van der Waals surface area (Å²) in [4.78, 5) is 28.6. The minimum atomic E-state index is -0.474. The highest BCUT2D eigenvalue weighted by molar-refractivity contribution is 8.00. The van der Waals surface area contributed by atoms with Crippen molar-refractivity contribution in [1.82, 2.24) is 19.7 Å². The molecule has 0 aliphatic carbocycles. The molecule has 8 nitrogen and oxygen atoms in total. The Morgan fingerprint density at radius 2 is 2.07 bits per heavy atom. The molecule has 2 aromatic heterocycles. The van der Waals surface area contributed by atoms with Gasteiger partial charge in [-0.3, -0.25) is 19.5 Å². The van der Waals surface area contributed by atoms with Crippen LogP contribution in [-0.2, 0) is 4.79 Å². The molecule has 3 N–H and O–H groups in total. The first-order chi connectivity index (χ1) is 13.0. The summed E-state index contributed by atoms with van der Waals surface area (Å²) in [5, 5.41) is 11.7. The van der Waals surface area contributed by atoms with E-state index in [1.165, 1.54) is 29.2 Å². The number of nitrogens with zero attached hydrogens (tertiary/aromatic N) is 4. The van der Waals surface area contributed by atoms with E-state index in [1.54, 1.807) is 4.57 Å². The van der Waals surface area contributed by atoms with Gasteiger partial charge in [0, 0.05) is 11.8 Å². The van der Waals surface area contributed by atoms with Crippen molar-refractivity contribution in [2.75, 3.05) is 11.1 Å². The summed E-state index contributed by atoms with van der Waals surface area (Å²) in [6, 6.07) is 10.6. The molecular weight excluding hydrogens is 384 g/mol. The van der Waals surface area contributed by atoms with E-state index in [-0.39, 0.29) is 11.7 Å². The zero-order valence-electron chi connectivity index (χ0n) is 14.7. The third-order valence-electron chi connectivity index (χ3n) is 3.61. The number of benzene rings is 1. The molecule has 0 radical (unpaired) electrons. The van der Waals surface area contributed by atoms with Crippen LogP contribution < -0.4 is 16.6 Å². The fraction of sp³-hybridized carbons (Fsp3) is 0.235. The van der Waals surface area contributed by atoms with Crippen molar-refractivity contribution in [3.8, 4) is 5.69 Å². The van der Waals surface area contributed by atoms with Crippen molar-refractivity contribution in [1.29, 1.82) is 0 Å². The molecule has 0 bridgehead atoms. The van der Waals surface area contributed by atoms with Gasteiger partial charge >= 0.3 is 0 Å². The average molecular weight is 403 g/mol. The Bertz CT molecular complexity index is 1000. The van der Waals surface area contributed by atoms with E-state index in [0.29, 0.717) is 16.7 Å². The fourth-order valence-corrected chi connectivity index (χ4v) is 4.02. The standard InChI is InChI=1S/C17H18N6O2S2/c1-3-12(15(25)20-16-22-21-10(2)26-16)27-17-19-14(24)9-13(18)23(17)11-7-5-4-6-8-11/h4-9,12H,3,18H2,1-2H3,(H,20,22,25)/t12-/m1/s1. The van der Waals surface area contributed by atoms with Crippen LogP contribution in [0.25, 0.3) is 5.69 Å². The van der Waals surface area contributed by atoms with Crippen molar-refractivity contribution in [3.05, 3.63) is 51.8 Å². The molecule has 3 aromatic rings. The number of nitrogen functional groups attached to an aromatic ring is 1. The van der Waals surface area contributed by atoms with E-state index in [2.05, 4.69) is 20.5 Å². The maximum atomic E-state index is 12.6. The van der Waals surface area contributed by atoms with E-state index in [1.807, 2.05) is 44.2 Å². The number of nitrogens with one attached hydrogen (secondary N) is 1. The highest BCUT2D eigenvalue weighted by Gasteiger charge is 2.23. The summed E-state index contributed by atoms with van der Waals surface area (Å²) >= 11 is 2.49. The molecule has 0 spiro atoms. The summed E-state index contributed by atoms with van der Waals surface area (Å²) in [5.41, 5.74) is 6.38. The molecule has 1 aromatic carbocycles. The minimum absolute atomic E-state index is 0.227. The van der Waals surface area contributed by atoms with Crippen LogP contribution in [0.15, 0.2) is 46.3 Å². The summed E-state index contributed by atoms with van der Waals surface area (Å²) < 4.78 is 1.66. The number of aryl methyl sites for hydroxylation is 1. The number of thioether (sulfide) groups is 1. The molecule has 140 valence electrons. The van der Waals surface area contributed by atoms with Crippen LogP contribution in [0, 0.1) is 6.92 Å². The Morgan fingerprint density at radius 3 is 2.70 bits per heavy atom. The Morgan fingerprint density at radius 1 is 1.33 bits per heavy atom. The number of amides is 1. The van der Waals surface area contributed by atoms with Crippen molar-refractivity contribution in [2.45, 2.75) is 30.7 Å². The molecule has 2 heterocycles. The van der Waals surface area contributed by atoms with Crippen molar-refractivity contribution in [3.63, 3.8) is 0 Å². The van der Waals surface area contributed by atoms with E-state index in [0.717, 1.165) is 10.7 Å². The Labute approximate surface area is 163 Å². The van der Waals surface area contributed by atoms with E-state index < -0.39 is 10.8 Å². The number of hydrogen-bond acceptors (Lipinski definition) is 8. The SMILES string of the molecule is CC[C@@H](Sc1nc(=O)cc(N)n1-c1ccccc1)C(=O)Nc1nnc(C)s1. The molecule has 3 rings (SSSR count). The van der Waals surface area contributed by atoms with Gasteiger partial charge in [0.15, 0.2) is 5.16 Å². The molecule has 1 amide bonds. The van der Waals surface area contributed by atoms with E-state index >= 15 is 0 Å². The molecular formula is C17H18N6O2S2. The van der Waals surface area contributed by atoms with Crippen molar-refractivity contribution >= 4 is 40.0 Å². The lowest BCUT2D eigenvalue weighted by atomic mass is 10.3. The Hall–Kier alpha value is -2.72. The fourth-order valence-electron chi connectivity index (χ4n) is 2.38. The zero-order valence-corrected chi connectivity index (χ0v) is 16.4. The monoisotopic (exact) mass is 402 g/mol. The second-order valence-electron chi connectivity index (χ2n) is 5.60. The number of anilines is 2. The summed E-state index contributed by atoms with van der Waals surface area (Å²) in [5.74, 6) is 0.0358. The van der Waals surface area contributed by atoms with E-state index in [4.69, 9.17) is 5.73 Å². The van der Waals surface area contributed by atoms with Crippen molar-refractivity contribution < 1.29 is 4.79 Å².